The van der Waals surface area contributed by atoms with Gasteiger partial charge in [-0.25, -0.2) is 0 Å². The van der Waals surface area contributed by atoms with E-state index < -0.39 is 0 Å². The molecule has 0 aliphatic rings. The van der Waals surface area contributed by atoms with E-state index in [4.69, 9.17) is 0 Å². The van der Waals surface area contributed by atoms with Crippen LogP contribution in [0.25, 0.3) is 27.5 Å². The molecule has 0 nitrogen and oxygen atoms in total. The Hall–Kier alpha value is -3.12. The van der Waals surface area contributed by atoms with Crippen LogP contribution in [0.3, 0.4) is 0 Å². The molecule has 0 aliphatic carbocycles. The summed E-state index contributed by atoms with van der Waals surface area (Å²) in [5, 5.41) is 2.72. The number of fused-ring (bicyclic) bond motifs is 1. The minimum atomic E-state index is 0.435. The van der Waals surface area contributed by atoms with Gasteiger partial charge in [0.15, 0.2) is 0 Å². The Morgan fingerprint density at radius 2 is 1.38 bits per heavy atom. The lowest BCUT2D eigenvalue weighted by Crippen LogP contribution is -1.99. The molecule has 162 valence electrons. The van der Waals surface area contributed by atoms with Crippen molar-refractivity contribution >= 4 is 16.3 Å². The molecule has 0 aromatic heterocycles. The fourth-order valence-corrected chi connectivity index (χ4v) is 4.67. The molecule has 0 bridgehead atoms. The van der Waals surface area contributed by atoms with Gasteiger partial charge in [-0.3, -0.25) is 0 Å². The summed E-state index contributed by atoms with van der Waals surface area (Å²) in [6.45, 7) is 6.71. The molecule has 0 amide bonds. The van der Waals surface area contributed by atoms with Crippen molar-refractivity contribution in [1.82, 2.24) is 0 Å². The van der Waals surface area contributed by atoms with Crippen LogP contribution in [0.1, 0.15) is 62.1 Å². The van der Waals surface area contributed by atoms with E-state index in [0.29, 0.717) is 5.92 Å². The van der Waals surface area contributed by atoms with Crippen molar-refractivity contribution in [2.24, 2.45) is 0 Å². The van der Waals surface area contributed by atoms with Crippen LogP contribution in [0.2, 0.25) is 0 Å². The van der Waals surface area contributed by atoms with E-state index in [9.17, 15) is 0 Å². The molecule has 0 radical (unpaired) electrons. The Kier molecular flexibility index (Phi) is 7.22. The summed E-state index contributed by atoms with van der Waals surface area (Å²) in [4.78, 5) is 0. The van der Waals surface area contributed by atoms with Gasteiger partial charge in [-0.2, -0.15) is 0 Å². The van der Waals surface area contributed by atoms with Gasteiger partial charge in [-0.15, -0.1) is 0 Å². The van der Waals surface area contributed by atoms with E-state index in [2.05, 4.69) is 118 Å². The van der Waals surface area contributed by atoms with Crippen LogP contribution in [-0.2, 0) is 0 Å². The normalized spacial score (nSPS) is 12.8. The molecule has 0 saturated carbocycles. The molecule has 0 saturated heterocycles. The van der Waals surface area contributed by atoms with Crippen LogP contribution < -0.4 is 0 Å². The minimum Gasteiger partial charge on any atom is -0.0732 e. The zero-order valence-electron chi connectivity index (χ0n) is 19.6. The van der Waals surface area contributed by atoms with Gasteiger partial charge in [-0.05, 0) is 58.4 Å². The number of rotatable bonds is 8. The Labute approximate surface area is 193 Å². The van der Waals surface area contributed by atoms with Crippen LogP contribution in [0.4, 0.5) is 0 Å². The Balaban J connectivity index is 1.70. The van der Waals surface area contributed by atoms with E-state index in [-0.39, 0.29) is 0 Å². The maximum Gasteiger partial charge on any atom is 0.00300 e. The molecule has 4 aromatic carbocycles. The summed E-state index contributed by atoms with van der Waals surface area (Å²) in [7, 11) is 0. The highest BCUT2D eigenvalue weighted by Gasteiger charge is 2.13. The molecule has 1 atom stereocenters. The monoisotopic (exact) mass is 418 g/mol. The molecular formula is C32H34. The van der Waals surface area contributed by atoms with Crippen LogP contribution in [0, 0.1) is 6.92 Å². The number of benzene rings is 4. The van der Waals surface area contributed by atoms with Crippen LogP contribution in [-0.4, -0.2) is 0 Å². The lowest BCUT2D eigenvalue weighted by atomic mass is 9.86. The van der Waals surface area contributed by atoms with Gasteiger partial charge in [0.05, 0.1) is 0 Å². The molecule has 4 rings (SSSR count). The molecule has 32 heavy (non-hydrogen) atoms. The first-order chi connectivity index (χ1) is 15.7. The van der Waals surface area contributed by atoms with Crippen molar-refractivity contribution in [1.29, 1.82) is 0 Å². The summed E-state index contributed by atoms with van der Waals surface area (Å²) < 4.78 is 0. The summed E-state index contributed by atoms with van der Waals surface area (Å²) in [5.41, 5.74) is 8.13. The quantitative estimate of drug-likeness (QED) is 0.267. The zero-order valence-corrected chi connectivity index (χ0v) is 19.6. The lowest BCUT2D eigenvalue weighted by Gasteiger charge is -2.18. The van der Waals surface area contributed by atoms with Crippen molar-refractivity contribution in [3.8, 4) is 11.1 Å². The third-order valence-electron chi connectivity index (χ3n) is 6.38. The molecule has 0 fully saturated rings. The highest BCUT2D eigenvalue weighted by Crippen LogP contribution is 2.34. The Bertz CT molecular complexity index is 1170. The number of allylic oxidation sites excluding steroid dienone is 2. The average molecular weight is 419 g/mol. The lowest BCUT2D eigenvalue weighted by molar-refractivity contribution is 0.720. The first-order valence-electron chi connectivity index (χ1n) is 12.1. The van der Waals surface area contributed by atoms with Crippen molar-refractivity contribution in [3.63, 3.8) is 0 Å². The Morgan fingerprint density at radius 3 is 2.06 bits per heavy atom. The predicted octanol–water partition coefficient (Wildman–Crippen LogP) is 9.58. The highest BCUT2D eigenvalue weighted by molar-refractivity contribution is 5.86. The maximum absolute atomic E-state index is 2.55. The summed E-state index contributed by atoms with van der Waals surface area (Å²) in [6.07, 6.45) is 7.16. The van der Waals surface area contributed by atoms with Crippen molar-refractivity contribution in [3.05, 3.63) is 114 Å². The average Bonchev–Trinajstić information content (AvgIpc) is 2.84. The minimum absolute atomic E-state index is 0.435. The second-order valence-corrected chi connectivity index (χ2v) is 8.85. The van der Waals surface area contributed by atoms with Gasteiger partial charge in [0.2, 0.25) is 0 Å². The molecule has 4 aromatic rings. The fourth-order valence-electron chi connectivity index (χ4n) is 4.67. The first kappa shape index (κ1) is 22.1. The molecule has 0 aliphatic heterocycles. The van der Waals surface area contributed by atoms with E-state index >= 15 is 0 Å². The molecule has 0 heterocycles. The second kappa shape index (κ2) is 10.5. The van der Waals surface area contributed by atoms with E-state index in [1.165, 1.54) is 57.0 Å². The molecule has 0 spiro atoms. The van der Waals surface area contributed by atoms with Gasteiger partial charge in [0.1, 0.15) is 0 Å². The highest BCUT2D eigenvalue weighted by atomic mass is 14.2. The number of hydrogen-bond donors (Lipinski definition) is 0. The van der Waals surface area contributed by atoms with Crippen LogP contribution >= 0.6 is 0 Å². The first-order valence-corrected chi connectivity index (χ1v) is 12.1. The standard InChI is InChI=1S/C32H34/c1-4-9-29(27-21-19-26(20-22-27)25-17-15-24(3)16-18-25)23-30(10-5-2)32-14-8-12-28-11-6-7-13-31(28)32/h6-8,11-23,30H,4-5,9-10H2,1-3H3/b29-23+. The van der Waals surface area contributed by atoms with Crippen LogP contribution in [0.5, 0.6) is 0 Å². The molecule has 0 heteroatoms. The summed E-state index contributed by atoms with van der Waals surface area (Å²) >= 11 is 0. The second-order valence-electron chi connectivity index (χ2n) is 8.85. The topological polar surface area (TPSA) is 0 Å². The maximum atomic E-state index is 2.55. The van der Waals surface area contributed by atoms with Crippen molar-refractivity contribution < 1.29 is 0 Å². The number of hydrogen-bond acceptors (Lipinski definition) is 0. The van der Waals surface area contributed by atoms with Crippen molar-refractivity contribution in [2.75, 3.05) is 0 Å². The van der Waals surface area contributed by atoms with Gasteiger partial charge in [0.25, 0.3) is 0 Å². The third-order valence-corrected chi connectivity index (χ3v) is 6.38. The predicted molar refractivity (Wildman–Crippen MR) is 141 cm³/mol. The molecular weight excluding hydrogens is 384 g/mol. The van der Waals surface area contributed by atoms with Crippen LogP contribution in [0.15, 0.2) is 97.1 Å². The smallest absolute Gasteiger partial charge is 0.00300 e. The fraction of sp³-hybridized carbons (Fsp3) is 0.250. The van der Waals surface area contributed by atoms with E-state index in [1.807, 2.05) is 0 Å². The Morgan fingerprint density at radius 1 is 0.719 bits per heavy atom. The third kappa shape index (κ3) is 5.02. The molecule has 0 N–H and O–H groups in total. The SMILES string of the molecule is CCC/C(=C\C(CCC)c1cccc2ccccc12)c1ccc(-c2ccc(C)cc2)cc1. The van der Waals surface area contributed by atoms with Gasteiger partial charge >= 0.3 is 0 Å². The van der Waals surface area contributed by atoms with E-state index in [0.717, 1.165) is 12.8 Å². The molecule has 1 unspecified atom stereocenters. The summed E-state index contributed by atoms with van der Waals surface area (Å²) in [6, 6.07) is 33.5. The van der Waals surface area contributed by atoms with Gasteiger partial charge in [0, 0.05) is 5.92 Å². The zero-order chi connectivity index (χ0) is 22.3. The van der Waals surface area contributed by atoms with Gasteiger partial charge < -0.3 is 0 Å². The van der Waals surface area contributed by atoms with E-state index in [1.54, 1.807) is 0 Å². The van der Waals surface area contributed by atoms with Gasteiger partial charge in [-0.1, -0.05) is 129 Å². The summed E-state index contributed by atoms with van der Waals surface area (Å²) in [5.74, 6) is 0.435. The van der Waals surface area contributed by atoms with Crippen molar-refractivity contribution in [2.45, 2.75) is 52.4 Å². The number of aryl methyl sites for hydroxylation is 1. The largest absolute Gasteiger partial charge is 0.0732 e.